The third-order valence-electron chi connectivity index (χ3n) is 6.32. The average Bonchev–Trinajstić information content (AvgIpc) is 3.27. The van der Waals surface area contributed by atoms with Gasteiger partial charge in [0.15, 0.2) is 0 Å². The summed E-state index contributed by atoms with van der Waals surface area (Å²) in [5, 5.41) is 3.54. The van der Waals surface area contributed by atoms with Gasteiger partial charge in [-0.2, -0.15) is 0 Å². The Bertz CT molecular complexity index is 1650. The van der Waals surface area contributed by atoms with Crippen molar-refractivity contribution >= 4 is 40.2 Å². The molecule has 11 heteroatoms. The zero-order valence-electron chi connectivity index (χ0n) is 21.0. The molecule has 2 amide bonds. The number of rotatable bonds is 8. The Hall–Kier alpha value is -5.32. The summed E-state index contributed by atoms with van der Waals surface area (Å²) in [7, 11) is 1.89. The molecule has 0 aliphatic heterocycles. The Morgan fingerprint density at radius 3 is 2.51 bits per heavy atom. The topological polar surface area (TPSA) is 145 Å². The van der Waals surface area contributed by atoms with Gasteiger partial charge in [0.1, 0.15) is 17.7 Å². The fourth-order valence-corrected chi connectivity index (χ4v) is 4.35. The first-order valence-electron chi connectivity index (χ1n) is 12.0. The number of nitrogen functional groups attached to an aromatic ring is 1. The molecule has 196 valence electrons. The van der Waals surface area contributed by atoms with Gasteiger partial charge >= 0.3 is 0 Å². The smallest absolute Gasteiger partial charge is 0.252 e. The Labute approximate surface area is 223 Å². The molecule has 5 aromatic rings. The number of nitrogens with zero attached hydrogens (tertiary/aromatic N) is 5. The van der Waals surface area contributed by atoms with Crippen molar-refractivity contribution in [3.8, 4) is 11.4 Å². The van der Waals surface area contributed by atoms with E-state index >= 15 is 0 Å². The molecule has 10 nitrogen and oxygen atoms in total. The van der Waals surface area contributed by atoms with E-state index in [-0.39, 0.29) is 12.5 Å². The number of nitrogens with two attached hydrogens (primary N) is 2. The van der Waals surface area contributed by atoms with E-state index in [1.54, 1.807) is 65.8 Å². The number of nitrogens with one attached hydrogen (secondary N) is 1. The standard InChI is InChI=1S/C28H25FN8O2/c1-36-23-10-5-17(14-18(23)15-24(36)21-11-13-33-28(31)35-21)27(39)34-22(26(30)38)16-37(25-4-2-3-12-32-25)20-8-6-19(29)7-9-20/h2-15,22H,16H2,1H3,(H2,30,38)(H,34,39)(H2,31,33,35). The van der Waals surface area contributed by atoms with Crippen LogP contribution in [0.15, 0.2) is 85.2 Å². The quantitative estimate of drug-likeness (QED) is 0.283. The Morgan fingerprint density at radius 2 is 1.82 bits per heavy atom. The minimum Gasteiger partial charge on any atom is -0.368 e. The van der Waals surface area contributed by atoms with E-state index in [0.717, 1.165) is 16.6 Å². The molecule has 5 rings (SSSR count). The summed E-state index contributed by atoms with van der Waals surface area (Å²) in [6.45, 7) is -0.0173. The van der Waals surface area contributed by atoms with Gasteiger partial charge in [0, 0.05) is 41.6 Å². The lowest BCUT2D eigenvalue weighted by Gasteiger charge is -2.28. The third kappa shape index (κ3) is 5.37. The lowest BCUT2D eigenvalue weighted by atomic mass is 10.1. The van der Waals surface area contributed by atoms with Crippen LogP contribution < -0.4 is 21.7 Å². The number of hydrogen-bond donors (Lipinski definition) is 3. The van der Waals surface area contributed by atoms with Crippen LogP contribution in [-0.2, 0) is 11.8 Å². The van der Waals surface area contributed by atoms with Crippen molar-refractivity contribution in [2.24, 2.45) is 12.8 Å². The molecule has 3 heterocycles. The van der Waals surface area contributed by atoms with Crippen molar-refractivity contribution in [1.29, 1.82) is 0 Å². The van der Waals surface area contributed by atoms with Gasteiger partial charge in [0.05, 0.1) is 17.9 Å². The van der Waals surface area contributed by atoms with Gasteiger partial charge < -0.3 is 26.3 Å². The number of pyridine rings is 1. The fourth-order valence-electron chi connectivity index (χ4n) is 4.35. The summed E-state index contributed by atoms with van der Waals surface area (Å²) >= 11 is 0. The zero-order chi connectivity index (χ0) is 27.5. The van der Waals surface area contributed by atoms with Crippen molar-refractivity contribution in [1.82, 2.24) is 24.8 Å². The number of carbonyl (C=O) groups excluding carboxylic acids is 2. The minimum absolute atomic E-state index is 0.0173. The number of amides is 2. The van der Waals surface area contributed by atoms with Gasteiger partial charge in [-0.3, -0.25) is 9.59 Å². The maximum atomic E-state index is 13.6. The SMILES string of the molecule is Cn1c(-c2ccnc(N)n2)cc2cc(C(=O)NC(CN(c3ccc(F)cc3)c3ccccn3)C(N)=O)ccc21. The molecule has 0 bridgehead atoms. The van der Waals surface area contributed by atoms with Gasteiger partial charge in [0.25, 0.3) is 5.91 Å². The van der Waals surface area contributed by atoms with Crippen LogP contribution in [0.2, 0.25) is 0 Å². The minimum atomic E-state index is -1.07. The van der Waals surface area contributed by atoms with Gasteiger partial charge in [-0.1, -0.05) is 6.07 Å². The molecular weight excluding hydrogens is 499 g/mol. The first-order valence-corrected chi connectivity index (χ1v) is 12.0. The predicted octanol–water partition coefficient (Wildman–Crippen LogP) is 3.17. The summed E-state index contributed by atoms with van der Waals surface area (Å²) in [6, 6.07) is 18.8. The summed E-state index contributed by atoms with van der Waals surface area (Å²) in [4.78, 5) is 40.0. The van der Waals surface area contributed by atoms with Crippen LogP contribution in [0.3, 0.4) is 0 Å². The number of fused-ring (bicyclic) bond motifs is 1. The van der Waals surface area contributed by atoms with Crippen LogP contribution in [0.5, 0.6) is 0 Å². The Kier molecular flexibility index (Phi) is 6.87. The molecule has 1 unspecified atom stereocenters. The highest BCUT2D eigenvalue weighted by atomic mass is 19.1. The third-order valence-corrected chi connectivity index (χ3v) is 6.32. The lowest BCUT2D eigenvalue weighted by molar-refractivity contribution is -0.119. The number of anilines is 3. The summed E-state index contributed by atoms with van der Waals surface area (Å²) < 4.78 is 15.5. The van der Waals surface area contributed by atoms with E-state index in [2.05, 4.69) is 20.3 Å². The molecule has 1 atom stereocenters. The number of aryl methyl sites for hydroxylation is 1. The second-order valence-electron chi connectivity index (χ2n) is 8.87. The maximum Gasteiger partial charge on any atom is 0.252 e. The second kappa shape index (κ2) is 10.6. The van der Waals surface area contributed by atoms with E-state index in [0.29, 0.717) is 22.8 Å². The van der Waals surface area contributed by atoms with E-state index < -0.39 is 23.7 Å². The van der Waals surface area contributed by atoms with Crippen LogP contribution in [0, 0.1) is 5.82 Å². The molecule has 0 aliphatic rings. The van der Waals surface area contributed by atoms with Gasteiger partial charge in [-0.05, 0) is 66.7 Å². The normalized spacial score (nSPS) is 11.7. The Balaban J connectivity index is 1.41. The predicted molar refractivity (Wildman–Crippen MR) is 146 cm³/mol. The number of carbonyl (C=O) groups is 2. The summed E-state index contributed by atoms with van der Waals surface area (Å²) in [5.74, 6) is -0.931. The van der Waals surface area contributed by atoms with Crippen LogP contribution >= 0.6 is 0 Å². The Morgan fingerprint density at radius 1 is 1.03 bits per heavy atom. The van der Waals surface area contributed by atoms with Crippen molar-refractivity contribution in [3.63, 3.8) is 0 Å². The molecule has 3 aromatic heterocycles. The molecule has 0 aliphatic carbocycles. The van der Waals surface area contributed by atoms with Crippen LogP contribution in [0.25, 0.3) is 22.3 Å². The van der Waals surface area contributed by atoms with Gasteiger partial charge in [-0.25, -0.2) is 19.3 Å². The first-order chi connectivity index (χ1) is 18.8. The number of aromatic nitrogens is 4. The second-order valence-corrected chi connectivity index (χ2v) is 8.87. The van der Waals surface area contributed by atoms with E-state index in [1.165, 1.54) is 12.1 Å². The monoisotopic (exact) mass is 524 g/mol. The van der Waals surface area contributed by atoms with Crippen LogP contribution in [-0.4, -0.2) is 43.9 Å². The number of hydrogen-bond acceptors (Lipinski definition) is 7. The average molecular weight is 525 g/mol. The highest BCUT2D eigenvalue weighted by Crippen LogP contribution is 2.27. The molecule has 0 radical (unpaired) electrons. The molecular formula is C28H25FN8O2. The van der Waals surface area contributed by atoms with E-state index in [4.69, 9.17) is 11.5 Å². The molecule has 39 heavy (non-hydrogen) atoms. The molecule has 2 aromatic carbocycles. The largest absolute Gasteiger partial charge is 0.368 e. The highest BCUT2D eigenvalue weighted by Gasteiger charge is 2.24. The van der Waals surface area contributed by atoms with Crippen molar-refractivity contribution in [2.75, 3.05) is 17.2 Å². The van der Waals surface area contributed by atoms with Gasteiger partial charge in [0.2, 0.25) is 11.9 Å². The van der Waals surface area contributed by atoms with Crippen molar-refractivity contribution < 1.29 is 14.0 Å². The van der Waals surface area contributed by atoms with Crippen molar-refractivity contribution in [2.45, 2.75) is 6.04 Å². The zero-order valence-corrected chi connectivity index (χ0v) is 21.0. The molecule has 0 saturated heterocycles. The van der Waals surface area contributed by atoms with Gasteiger partial charge in [-0.15, -0.1) is 0 Å². The summed E-state index contributed by atoms with van der Waals surface area (Å²) in [5.41, 5.74) is 14.7. The van der Waals surface area contributed by atoms with Crippen LogP contribution in [0.1, 0.15) is 10.4 Å². The van der Waals surface area contributed by atoms with E-state index in [1.807, 2.05) is 23.7 Å². The fraction of sp³-hybridized carbons (Fsp3) is 0.107. The lowest BCUT2D eigenvalue weighted by Crippen LogP contribution is -2.50. The number of halogens is 1. The molecule has 5 N–H and O–H groups in total. The molecule has 0 fully saturated rings. The van der Waals surface area contributed by atoms with Crippen LogP contribution in [0.4, 0.5) is 21.8 Å². The first kappa shape index (κ1) is 25.3. The number of benzene rings is 2. The maximum absolute atomic E-state index is 13.6. The summed E-state index contributed by atoms with van der Waals surface area (Å²) in [6.07, 6.45) is 3.18. The van der Waals surface area contributed by atoms with E-state index in [9.17, 15) is 14.0 Å². The molecule has 0 spiro atoms. The highest BCUT2D eigenvalue weighted by molar-refractivity contribution is 6.01. The van der Waals surface area contributed by atoms with Crippen molar-refractivity contribution in [3.05, 3.63) is 96.6 Å². The number of primary amides is 1. The molecule has 0 saturated carbocycles.